The maximum absolute atomic E-state index is 11.1. The highest BCUT2D eigenvalue weighted by Crippen LogP contribution is 2.30. The normalized spacial score (nSPS) is 11.0. The molecule has 0 fully saturated rings. The minimum absolute atomic E-state index is 0.298. The first-order valence-electron chi connectivity index (χ1n) is 8.12. The van der Waals surface area contributed by atoms with Crippen LogP contribution in [0.3, 0.4) is 0 Å². The lowest BCUT2D eigenvalue weighted by Crippen LogP contribution is -2.24. The lowest BCUT2D eigenvalue weighted by atomic mass is 10.3. The van der Waals surface area contributed by atoms with E-state index in [-0.39, 0.29) is 0 Å². The molecule has 0 radical (unpaired) electrons. The number of fused-ring (bicyclic) bond motifs is 1. The largest absolute Gasteiger partial charge is 0.465 e. The standard InChI is InChI=1S/C18H16N6O2S/c1-11-19-10-24(22-11)12-3-5-13(6-4-12)27-14-7-8-15-16(9-14)21-17(20-15)23(2)18(25)26/h3-10H,1-2H3,(H,20,21)(H,25,26). The number of nitrogens with one attached hydrogen (secondary N) is 1. The molecule has 8 nitrogen and oxygen atoms in total. The predicted molar refractivity (Wildman–Crippen MR) is 103 cm³/mol. The number of hydrogen-bond donors (Lipinski definition) is 2. The van der Waals surface area contributed by atoms with Crippen molar-refractivity contribution in [2.75, 3.05) is 11.9 Å². The molecule has 0 aliphatic carbocycles. The predicted octanol–water partition coefficient (Wildman–Crippen LogP) is 3.72. The highest BCUT2D eigenvalue weighted by molar-refractivity contribution is 7.99. The average molecular weight is 380 g/mol. The zero-order valence-corrected chi connectivity index (χ0v) is 15.4. The fraction of sp³-hybridized carbons (Fsp3) is 0.111. The first kappa shape index (κ1) is 17.1. The Kier molecular flexibility index (Phi) is 4.28. The number of H-pyrrole nitrogens is 1. The quantitative estimate of drug-likeness (QED) is 0.560. The van der Waals surface area contributed by atoms with Crippen LogP contribution in [0.1, 0.15) is 5.82 Å². The molecule has 0 bridgehead atoms. The van der Waals surface area contributed by atoms with Crippen LogP contribution in [0.5, 0.6) is 0 Å². The molecule has 4 rings (SSSR count). The molecule has 2 aromatic carbocycles. The SMILES string of the molecule is Cc1ncn(-c2ccc(Sc3ccc4nc(N(C)C(=O)O)[nH]c4c3)cc2)n1. The second-order valence-electron chi connectivity index (χ2n) is 5.91. The van der Waals surface area contributed by atoms with Crippen LogP contribution in [0.2, 0.25) is 0 Å². The molecule has 0 aliphatic heterocycles. The Hall–Kier alpha value is -3.33. The number of carboxylic acid groups (broad SMARTS) is 1. The molecule has 0 unspecified atom stereocenters. The number of nitrogens with zero attached hydrogens (tertiary/aromatic N) is 5. The molecule has 9 heteroatoms. The van der Waals surface area contributed by atoms with Gasteiger partial charge in [0.15, 0.2) is 0 Å². The third kappa shape index (κ3) is 3.49. The average Bonchev–Trinajstić information content (AvgIpc) is 3.27. The van der Waals surface area contributed by atoms with Crippen molar-refractivity contribution in [3.63, 3.8) is 0 Å². The van der Waals surface area contributed by atoms with E-state index in [1.807, 2.05) is 49.4 Å². The van der Waals surface area contributed by atoms with Crippen LogP contribution >= 0.6 is 11.8 Å². The summed E-state index contributed by atoms with van der Waals surface area (Å²) in [6.07, 6.45) is 0.626. The van der Waals surface area contributed by atoms with Crippen LogP contribution in [-0.4, -0.2) is 43.0 Å². The van der Waals surface area contributed by atoms with E-state index in [4.69, 9.17) is 5.11 Å². The van der Waals surface area contributed by atoms with Crippen molar-refractivity contribution in [1.29, 1.82) is 0 Å². The summed E-state index contributed by atoms with van der Waals surface area (Å²) in [4.78, 5) is 25.7. The summed E-state index contributed by atoms with van der Waals surface area (Å²) < 4.78 is 1.74. The highest BCUT2D eigenvalue weighted by Gasteiger charge is 2.13. The molecular formula is C18H16N6O2S. The van der Waals surface area contributed by atoms with Crippen molar-refractivity contribution >= 4 is 34.8 Å². The third-order valence-corrected chi connectivity index (χ3v) is 4.99. The van der Waals surface area contributed by atoms with E-state index in [0.717, 1.165) is 37.2 Å². The number of aromatic nitrogens is 5. The van der Waals surface area contributed by atoms with Crippen molar-refractivity contribution in [2.45, 2.75) is 16.7 Å². The van der Waals surface area contributed by atoms with Gasteiger partial charge >= 0.3 is 6.09 Å². The summed E-state index contributed by atoms with van der Waals surface area (Å²) in [5.74, 6) is 1.03. The van der Waals surface area contributed by atoms with Gasteiger partial charge in [0.2, 0.25) is 5.95 Å². The fourth-order valence-corrected chi connectivity index (χ4v) is 3.42. The third-order valence-electron chi connectivity index (χ3n) is 3.99. The Labute approximate surface area is 158 Å². The lowest BCUT2D eigenvalue weighted by Gasteiger charge is -2.07. The molecule has 2 aromatic heterocycles. The van der Waals surface area contributed by atoms with Gasteiger partial charge in [-0.05, 0) is 49.4 Å². The molecule has 2 heterocycles. The van der Waals surface area contributed by atoms with Crippen LogP contribution in [0.25, 0.3) is 16.7 Å². The van der Waals surface area contributed by atoms with Gasteiger partial charge in [0.05, 0.1) is 16.7 Å². The number of rotatable bonds is 4. The van der Waals surface area contributed by atoms with E-state index >= 15 is 0 Å². The molecule has 0 saturated heterocycles. The summed E-state index contributed by atoms with van der Waals surface area (Å²) in [5.41, 5.74) is 2.46. The summed E-state index contributed by atoms with van der Waals surface area (Å²) in [6.45, 7) is 1.85. The number of anilines is 1. The topological polar surface area (TPSA) is 99.9 Å². The molecule has 136 valence electrons. The summed E-state index contributed by atoms with van der Waals surface area (Å²) in [6, 6.07) is 13.8. The van der Waals surface area contributed by atoms with Crippen LogP contribution < -0.4 is 4.90 Å². The number of imidazole rings is 1. The number of carbonyl (C=O) groups is 1. The van der Waals surface area contributed by atoms with Gasteiger partial charge < -0.3 is 10.1 Å². The molecule has 0 atom stereocenters. The Bertz CT molecular complexity index is 1120. The van der Waals surface area contributed by atoms with Crippen LogP contribution in [0.15, 0.2) is 58.6 Å². The monoisotopic (exact) mass is 380 g/mol. The van der Waals surface area contributed by atoms with E-state index < -0.39 is 6.09 Å². The van der Waals surface area contributed by atoms with Crippen LogP contribution in [0.4, 0.5) is 10.7 Å². The van der Waals surface area contributed by atoms with Crippen molar-refractivity contribution in [3.8, 4) is 5.69 Å². The maximum atomic E-state index is 11.1. The van der Waals surface area contributed by atoms with Gasteiger partial charge in [-0.15, -0.1) is 0 Å². The molecule has 4 aromatic rings. The lowest BCUT2D eigenvalue weighted by molar-refractivity contribution is 0.203. The Balaban J connectivity index is 1.55. The Morgan fingerprint density at radius 3 is 2.59 bits per heavy atom. The molecular weight excluding hydrogens is 364 g/mol. The second kappa shape index (κ2) is 6.76. The number of hydrogen-bond acceptors (Lipinski definition) is 5. The second-order valence-corrected chi connectivity index (χ2v) is 7.06. The number of amides is 1. The molecule has 2 N–H and O–H groups in total. The van der Waals surface area contributed by atoms with E-state index in [2.05, 4.69) is 20.1 Å². The number of aromatic amines is 1. The molecule has 27 heavy (non-hydrogen) atoms. The summed E-state index contributed by atoms with van der Waals surface area (Å²) >= 11 is 1.61. The van der Waals surface area contributed by atoms with Gasteiger partial charge in [-0.3, -0.25) is 4.90 Å². The van der Waals surface area contributed by atoms with Crippen LogP contribution in [0, 0.1) is 6.92 Å². The summed E-state index contributed by atoms with van der Waals surface area (Å²) in [7, 11) is 1.45. The first-order chi connectivity index (χ1) is 13.0. The van der Waals surface area contributed by atoms with Gasteiger partial charge in [0, 0.05) is 16.8 Å². The van der Waals surface area contributed by atoms with E-state index in [0.29, 0.717) is 5.95 Å². The van der Waals surface area contributed by atoms with Gasteiger partial charge in [0.1, 0.15) is 12.2 Å². The molecule has 0 aliphatic rings. The Morgan fingerprint density at radius 2 is 1.93 bits per heavy atom. The molecule has 0 saturated carbocycles. The maximum Gasteiger partial charge on any atom is 0.413 e. The number of benzene rings is 2. The van der Waals surface area contributed by atoms with Crippen molar-refractivity contribution in [2.24, 2.45) is 0 Å². The van der Waals surface area contributed by atoms with E-state index in [1.54, 1.807) is 22.8 Å². The van der Waals surface area contributed by atoms with Gasteiger partial charge in [-0.25, -0.2) is 19.4 Å². The highest BCUT2D eigenvalue weighted by atomic mass is 32.2. The zero-order chi connectivity index (χ0) is 19.0. The van der Waals surface area contributed by atoms with E-state index in [1.165, 1.54) is 7.05 Å². The van der Waals surface area contributed by atoms with Crippen molar-refractivity contribution < 1.29 is 9.90 Å². The molecule has 1 amide bonds. The Morgan fingerprint density at radius 1 is 1.19 bits per heavy atom. The molecule has 0 spiro atoms. The summed E-state index contributed by atoms with van der Waals surface area (Å²) in [5, 5.41) is 13.4. The van der Waals surface area contributed by atoms with Crippen LogP contribution in [-0.2, 0) is 0 Å². The smallest absolute Gasteiger partial charge is 0.413 e. The minimum Gasteiger partial charge on any atom is -0.465 e. The van der Waals surface area contributed by atoms with Gasteiger partial charge in [0.25, 0.3) is 0 Å². The van der Waals surface area contributed by atoms with Gasteiger partial charge in [-0.1, -0.05) is 11.8 Å². The van der Waals surface area contributed by atoms with E-state index in [9.17, 15) is 4.79 Å². The zero-order valence-electron chi connectivity index (χ0n) is 14.6. The number of aryl methyl sites for hydroxylation is 1. The first-order valence-corrected chi connectivity index (χ1v) is 8.94. The van der Waals surface area contributed by atoms with Crippen molar-refractivity contribution in [1.82, 2.24) is 24.7 Å². The van der Waals surface area contributed by atoms with Gasteiger partial charge in [-0.2, -0.15) is 5.10 Å². The van der Waals surface area contributed by atoms with Crippen molar-refractivity contribution in [3.05, 3.63) is 54.6 Å². The fourth-order valence-electron chi connectivity index (χ4n) is 2.56. The minimum atomic E-state index is -1.06.